The first kappa shape index (κ1) is 15.9. The molecule has 0 aromatic heterocycles. The Kier molecular flexibility index (Phi) is 5.28. The summed E-state index contributed by atoms with van der Waals surface area (Å²) < 4.78 is 18.2. The highest BCUT2D eigenvalue weighted by Crippen LogP contribution is 2.28. The van der Waals surface area contributed by atoms with Gasteiger partial charge in [0, 0.05) is 11.1 Å². The maximum atomic E-state index is 12.9. The van der Waals surface area contributed by atoms with E-state index in [1.807, 2.05) is 0 Å². The van der Waals surface area contributed by atoms with Crippen molar-refractivity contribution in [3.8, 4) is 5.75 Å². The average molecular weight is 349 g/mol. The van der Waals surface area contributed by atoms with Gasteiger partial charge in [-0.05, 0) is 30.3 Å². The molecule has 0 saturated carbocycles. The van der Waals surface area contributed by atoms with Crippen molar-refractivity contribution >= 4 is 46.4 Å². The number of ether oxygens (including phenoxy) is 1. The predicted molar refractivity (Wildman–Crippen MR) is 82.0 cm³/mol. The van der Waals surface area contributed by atoms with Crippen molar-refractivity contribution in [2.75, 3.05) is 11.9 Å². The summed E-state index contributed by atoms with van der Waals surface area (Å²) in [6, 6.07) is 8.33. The summed E-state index contributed by atoms with van der Waals surface area (Å²) in [6.07, 6.45) is 0. The molecule has 0 radical (unpaired) electrons. The Morgan fingerprint density at radius 3 is 2.57 bits per heavy atom. The van der Waals surface area contributed by atoms with Crippen molar-refractivity contribution in [2.24, 2.45) is 0 Å². The van der Waals surface area contributed by atoms with E-state index in [0.717, 1.165) is 6.07 Å². The van der Waals surface area contributed by atoms with E-state index in [1.54, 1.807) is 12.1 Å². The Morgan fingerprint density at radius 1 is 1.10 bits per heavy atom. The fourth-order valence-electron chi connectivity index (χ4n) is 1.51. The Labute approximate surface area is 135 Å². The zero-order chi connectivity index (χ0) is 15.4. The van der Waals surface area contributed by atoms with Gasteiger partial charge in [-0.1, -0.05) is 34.8 Å². The molecule has 2 aromatic carbocycles. The van der Waals surface area contributed by atoms with Gasteiger partial charge in [-0.25, -0.2) is 4.39 Å². The Morgan fingerprint density at radius 2 is 1.86 bits per heavy atom. The van der Waals surface area contributed by atoms with Crippen LogP contribution >= 0.6 is 34.8 Å². The largest absolute Gasteiger partial charge is 0.482 e. The van der Waals surface area contributed by atoms with Crippen molar-refractivity contribution in [1.29, 1.82) is 0 Å². The van der Waals surface area contributed by atoms with E-state index >= 15 is 0 Å². The van der Waals surface area contributed by atoms with Gasteiger partial charge in [0.1, 0.15) is 11.6 Å². The second-order valence-corrected chi connectivity index (χ2v) is 5.29. The fraction of sp³-hybridized carbons (Fsp3) is 0.0714. The van der Waals surface area contributed by atoms with Gasteiger partial charge in [0.05, 0.1) is 15.7 Å². The van der Waals surface area contributed by atoms with Crippen LogP contribution in [0.5, 0.6) is 5.75 Å². The van der Waals surface area contributed by atoms with Gasteiger partial charge in [0.2, 0.25) is 0 Å². The lowest BCUT2D eigenvalue weighted by atomic mass is 10.3. The molecule has 110 valence electrons. The molecule has 0 atom stereocenters. The summed E-state index contributed by atoms with van der Waals surface area (Å²) in [6.45, 7) is -0.284. The topological polar surface area (TPSA) is 38.3 Å². The number of rotatable bonds is 4. The number of nitrogens with one attached hydrogen (secondary N) is 1. The second kappa shape index (κ2) is 6.98. The maximum Gasteiger partial charge on any atom is 0.262 e. The zero-order valence-electron chi connectivity index (χ0n) is 10.5. The Hall–Kier alpha value is -1.49. The molecule has 0 saturated heterocycles. The maximum absolute atomic E-state index is 12.9. The van der Waals surface area contributed by atoms with E-state index in [0.29, 0.717) is 21.5 Å². The normalized spacial score (nSPS) is 10.3. The molecule has 1 N–H and O–H groups in total. The lowest BCUT2D eigenvalue weighted by Crippen LogP contribution is -2.20. The number of carbonyl (C=O) groups excluding carboxylic acids is 1. The van der Waals surface area contributed by atoms with Gasteiger partial charge < -0.3 is 10.1 Å². The summed E-state index contributed by atoms with van der Waals surface area (Å²) in [5, 5.41) is 3.39. The summed E-state index contributed by atoms with van der Waals surface area (Å²) in [4.78, 5) is 11.8. The first-order valence-electron chi connectivity index (χ1n) is 5.78. The van der Waals surface area contributed by atoms with Gasteiger partial charge >= 0.3 is 0 Å². The molecule has 3 nitrogen and oxygen atoms in total. The molecule has 0 fully saturated rings. The molecule has 7 heteroatoms. The number of anilines is 1. The van der Waals surface area contributed by atoms with Crippen LogP contribution in [-0.2, 0) is 4.79 Å². The number of hydrogen-bond donors (Lipinski definition) is 1. The number of halogens is 4. The monoisotopic (exact) mass is 347 g/mol. The van der Waals surface area contributed by atoms with Crippen LogP contribution in [0.15, 0.2) is 36.4 Å². The molecule has 0 aliphatic heterocycles. The molecule has 2 aromatic rings. The van der Waals surface area contributed by atoms with Crippen LogP contribution in [0, 0.1) is 5.82 Å². The predicted octanol–water partition coefficient (Wildman–Crippen LogP) is 4.80. The second-order valence-electron chi connectivity index (χ2n) is 4.04. The van der Waals surface area contributed by atoms with Crippen LogP contribution in [0.3, 0.4) is 0 Å². The van der Waals surface area contributed by atoms with Crippen molar-refractivity contribution < 1.29 is 13.9 Å². The summed E-state index contributed by atoms with van der Waals surface area (Å²) >= 11 is 17.5. The Balaban J connectivity index is 1.97. The highest BCUT2D eigenvalue weighted by atomic mass is 35.5. The van der Waals surface area contributed by atoms with Crippen molar-refractivity contribution in [2.45, 2.75) is 0 Å². The van der Waals surface area contributed by atoms with Crippen LogP contribution in [0.2, 0.25) is 15.1 Å². The Bertz CT molecular complexity index is 679. The molecular weight excluding hydrogens is 340 g/mol. The van der Waals surface area contributed by atoms with E-state index in [9.17, 15) is 9.18 Å². The third kappa shape index (κ3) is 4.49. The number of amides is 1. The molecule has 0 heterocycles. The van der Waals surface area contributed by atoms with Gasteiger partial charge in [-0.15, -0.1) is 0 Å². The van der Waals surface area contributed by atoms with Crippen molar-refractivity contribution in [3.05, 3.63) is 57.3 Å². The van der Waals surface area contributed by atoms with E-state index in [2.05, 4.69) is 5.32 Å². The first-order valence-corrected chi connectivity index (χ1v) is 6.92. The van der Waals surface area contributed by atoms with Crippen LogP contribution in [0.1, 0.15) is 0 Å². The minimum Gasteiger partial charge on any atom is -0.482 e. The van der Waals surface area contributed by atoms with E-state index in [-0.39, 0.29) is 11.6 Å². The van der Waals surface area contributed by atoms with Gasteiger partial charge in [-0.3, -0.25) is 4.79 Å². The molecule has 0 unspecified atom stereocenters. The van der Waals surface area contributed by atoms with Crippen molar-refractivity contribution in [3.63, 3.8) is 0 Å². The molecule has 0 bridgehead atoms. The number of benzene rings is 2. The summed E-state index contributed by atoms with van der Waals surface area (Å²) in [5.74, 6) is -0.649. The van der Waals surface area contributed by atoms with Crippen molar-refractivity contribution in [1.82, 2.24) is 0 Å². The molecule has 2 rings (SSSR count). The zero-order valence-corrected chi connectivity index (χ0v) is 12.8. The fourth-order valence-corrected chi connectivity index (χ4v) is 2.06. The first-order chi connectivity index (χ1) is 9.95. The lowest BCUT2D eigenvalue weighted by molar-refractivity contribution is -0.118. The minimum absolute atomic E-state index is 0.101. The SMILES string of the molecule is O=C(COc1cc(Cl)ccc1Cl)Nc1ccc(F)cc1Cl. The number of hydrogen-bond acceptors (Lipinski definition) is 2. The molecule has 21 heavy (non-hydrogen) atoms. The minimum atomic E-state index is -0.486. The average Bonchev–Trinajstić information content (AvgIpc) is 2.43. The highest BCUT2D eigenvalue weighted by Gasteiger charge is 2.09. The molecule has 0 aliphatic carbocycles. The van der Waals surface area contributed by atoms with Crippen LogP contribution in [-0.4, -0.2) is 12.5 Å². The molecule has 0 spiro atoms. The summed E-state index contributed by atoms with van der Waals surface area (Å²) in [5.41, 5.74) is 0.295. The van der Waals surface area contributed by atoms with E-state index in [1.165, 1.54) is 18.2 Å². The van der Waals surface area contributed by atoms with Crippen LogP contribution < -0.4 is 10.1 Å². The van der Waals surface area contributed by atoms with Crippen LogP contribution in [0.25, 0.3) is 0 Å². The van der Waals surface area contributed by atoms with Crippen LogP contribution in [0.4, 0.5) is 10.1 Å². The quantitative estimate of drug-likeness (QED) is 0.861. The molecule has 1 amide bonds. The van der Waals surface area contributed by atoms with E-state index < -0.39 is 11.7 Å². The molecule has 0 aliphatic rings. The van der Waals surface area contributed by atoms with Gasteiger partial charge in [-0.2, -0.15) is 0 Å². The third-order valence-corrected chi connectivity index (χ3v) is 3.32. The lowest BCUT2D eigenvalue weighted by Gasteiger charge is -2.10. The van der Waals surface area contributed by atoms with E-state index in [4.69, 9.17) is 39.5 Å². The smallest absolute Gasteiger partial charge is 0.262 e. The molecular formula is C14H9Cl3FNO2. The third-order valence-electron chi connectivity index (χ3n) is 2.46. The number of carbonyl (C=O) groups is 1. The van der Waals surface area contributed by atoms with Gasteiger partial charge in [0.15, 0.2) is 6.61 Å². The van der Waals surface area contributed by atoms with Gasteiger partial charge in [0.25, 0.3) is 5.91 Å². The summed E-state index contributed by atoms with van der Waals surface area (Å²) in [7, 11) is 0. The highest BCUT2D eigenvalue weighted by molar-refractivity contribution is 6.34. The standard InChI is InChI=1S/C14H9Cl3FNO2/c15-8-1-3-10(16)13(5-8)21-7-14(20)19-12-4-2-9(18)6-11(12)17/h1-6H,7H2,(H,19,20).